The maximum absolute atomic E-state index is 6.93. The van der Waals surface area contributed by atoms with Crippen molar-refractivity contribution in [2.45, 2.75) is 25.3 Å². The van der Waals surface area contributed by atoms with Crippen LogP contribution >= 0.6 is 11.6 Å². The molecule has 7 aromatic rings. The molecule has 212 valence electrons. The Kier molecular flexibility index (Phi) is 6.81. The number of hydrogen-bond acceptors (Lipinski definition) is 2. The average molecular weight is 588 g/mol. The predicted octanol–water partition coefficient (Wildman–Crippen LogP) is 10.8. The van der Waals surface area contributed by atoms with Crippen molar-refractivity contribution in [3.05, 3.63) is 161 Å². The van der Waals surface area contributed by atoms with Crippen LogP contribution in [0.2, 0.25) is 5.02 Å². The number of nitrogens with zero attached hydrogens (tertiary/aromatic N) is 3. The van der Waals surface area contributed by atoms with E-state index in [0.29, 0.717) is 0 Å². The topological polar surface area (TPSA) is 29.6 Å². The van der Waals surface area contributed by atoms with Gasteiger partial charge in [-0.15, -0.1) is 0 Å². The van der Waals surface area contributed by atoms with Gasteiger partial charge in [0.05, 0.1) is 33.5 Å². The summed E-state index contributed by atoms with van der Waals surface area (Å²) in [4.78, 5) is 10.8. The lowest BCUT2D eigenvalue weighted by molar-refractivity contribution is 0.622. The molecule has 1 aliphatic rings. The molecule has 6 aromatic carbocycles. The van der Waals surface area contributed by atoms with Crippen LogP contribution in [0, 0.1) is 0 Å². The van der Waals surface area contributed by atoms with Gasteiger partial charge in [-0.05, 0) is 77.6 Å². The number of hydrogen-bond donors (Lipinski definition) is 0. The standard InChI is InChI=1S/C40H30ClN3/c41-33-20-11-24-37-39(33)32-25-29-17-7-8-18-30(29)26-38(32)44(37)36-23-10-9-19-31(36)40-42-34(27-13-3-1-4-14-27)21-12-22-35(43-40)28-15-5-2-6-16-28/h1-11,13-20,23-26,34H,12,21-22H2/b42-40-,43-35+. The highest BCUT2D eigenvalue weighted by molar-refractivity contribution is 6.38. The third kappa shape index (κ3) is 4.70. The van der Waals surface area contributed by atoms with E-state index in [2.05, 4.69) is 132 Å². The van der Waals surface area contributed by atoms with Gasteiger partial charge in [0.25, 0.3) is 0 Å². The first-order valence-electron chi connectivity index (χ1n) is 15.2. The maximum Gasteiger partial charge on any atom is 0.157 e. The molecular weight excluding hydrogens is 558 g/mol. The van der Waals surface area contributed by atoms with E-state index in [1.165, 1.54) is 16.3 Å². The van der Waals surface area contributed by atoms with Gasteiger partial charge in [0, 0.05) is 16.3 Å². The Labute approximate surface area is 261 Å². The zero-order chi connectivity index (χ0) is 29.5. The molecule has 0 saturated heterocycles. The molecular formula is C40H30ClN3. The number of benzene rings is 6. The number of amidine groups is 1. The number of halogens is 1. The number of aromatic nitrogens is 1. The van der Waals surface area contributed by atoms with Crippen LogP contribution < -0.4 is 0 Å². The first kappa shape index (κ1) is 26.6. The number of rotatable bonds is 4. The van der Waals surface area contributed by atoms with Gasteiger partial charge in [0.2, 0.25) is 0 Å². The van der Waals surface area contributed by atoms with Gasteiger partial charge in [0.1, 0.15) is 0 Å². The normalized spacial score (nSPS) is 18.0. The summed E-state index contributed by atoms with van der Waals surface area (Å²) in [6.07, 6.45) is 2.87. The van der Waals surface area contributed by atoms with Gasteiger partial charge in [0.15, 0.2) is 5.84 Å². The van der Waals surface area contributed by atoms with Crippen molar-refractivity contribution in [2.24, 2.45) is 9.98 Å². The monoisotopic (exact) mass is 587 g/mol. The molecule has 1 atom stereocenters. The zero-order valence-electron chi connectivity index (χ0n) is 24.2. The molecule has 4 heteroatoms. The van der Waals surface area contributed by atoms with Gasteiger partial charge in [-0.25, -0.2) is 4.99 Å². The molecule has 3 nitrogen and oxygen atoms in total. The Morgan fingerprint density at radius 2 is 1.36 bits per heavy atom. The largest absolute Gasteiger partial charge is 0.308 e. The average Bonchev–Trinajstić information content (AvgIpc) is 3.38. The van der Waals surface area contributed by atoms with Crippen molar-refractivity contribution in [2.75, 3.05) is 0 Å². The highest BCUT2D eigenvalue weighted by Gasteiger charge is 2.22. The van der Waals surface area contributed by atoms with Crippen LogP contribution in [-0.2, 0) is 0 Å². The van der Waals surface area contributed by atoms with Gasteiger partial charge < -0.3 is 4.57 Å². The van der Waals surface area contributed by atoms with E-state index in [0.717, 1.165) is 74.5 Å². The second-order valence-electron chi connectivity index (χ2n) is 11.4. The molecule has 0 radical (unpaired) electrons. The Bertz CT molecular complexity index is 2210. The molecule has 8 rings (SSSR count). The highest BCUT2D eigenvalue weighted by Crippen LogP contribution is 2.39. The third-order valence-electron chi connectivity index (χ3n) is 8.69. The SMILES string of the molecule is Clc1cccc2c1c1cc3ccccc3cc1n2-c1ccccc1C1=N/C(c2ccccc2)CCC/C(c2ccccc2)=N\1. The van der Waals surface area contributed by atoms with Crippen molar-refractivity contribution in [3.63, 3.8) is 0 Å². The summed E-state index contributed by atoms with van der Waals surface area (Å²) >= 11 is 6.93. The molecule has 1 aliphatic heterocycles. The molecule has 0 bridgehead atoms. The number of fused-ring (bicyclic) bond motifs is 4. The fraction of sp³-hybridized carbons (Fsp3) is 0.100. The Hall–Kier alpha value is -4.99. The van der Waals surface area contributed by atoms with Gasteiger partial charge >= 0.3 is 0 Å². The van der Waals surface area contributed by atoms with Crippen LogP contribution in [0.15, 0.2) is 150 Å². The van der Waals surface area contributed by atoms with E-state index < -0.39 is 0 Å². The minimum absolute atomic E-state index is 0.0249. The minimum Gasteiger partial charge on any atom is -0.308 e. The minimum atomic E-state index is 0.0249. The maximum atomic E-state index is 6.93. The summed E-state index contributed by atoms with van der Waals surface area (Å²) in [5.41, 5.74) is 7.64. The molecule has 44 heavy (non-hydrogen) atoms. The van der Waals surface area contributed by atoms with E-state index in [9.17, 15) is 0 Å². The molecule has 2 heterocycles. The number of para-hydroxylation sites is 1. The quantitative estimate of drug-likeness (QED) is 0.196. The van der Waals surface area contributed by atoms with Crippen molar-refractivity contribution in [3.8, 4) is 5.69 Å². The van der Waals surface area contributed by atoms with Crippen LogP contribution in [-0.4, -0.2) is 16.1 Å². The molecule has 1 unspecified atom stereocenters. The fourth-order valence-electron chi connectivity index (χ4n) is 6.60. The lowest BCUT2D eigenvalue weighted by Crippen LogP contribution is -2.14. The second-order valence-corrected chi connectivity index (χ2v) is 11.8. The molecule has 0 N–H and O–H groups in total. The molecule has 0 fully saturated rings. The van der Waals surface area contributed by atoms with Crippen LogP contribution in [0.4, 0.5) is 0 Å². The van der Waals surface area contributed by atoms with Crippen molar-refractivity contribution < 1.29 is 0 Å². The van der Waals surface area contributed by atoms with E-state index in [1.54, 1.807) is 0 Å². The molecule has 0 amide bonds. The Balaban J connectivity index is 1.41. The third-order valence-corrected chi connectivity index (χ3v) is 9.01. The first-order chi connectivity index (χ1) is 21.7. The van der Waals surface area contributed by atoms with Crippen LogP contribution in [0.5, 0.6) is 0 Å². The fourth-order valence-corrected chi connectivity index (χ4v) is 6.87. The van der Waals surface area contributed by atoms with E-state index in [1.807, 2.05) is 12.1 Å². The summed E-state index contributed by atoms with van der Waals surface area (Å²) < 4.78 is 2.34. The smallest absolute Gasteiger partial charge is 0.157 e. The summed E-state index contributed by atoms with van der Waals surface area (Å²) in [6, 6.07) is 48.9. The van der Waals surface area contributed by atoms with Gasteiger partial charge in [-0.3, -0.25) is 4.99 Å². The summed E-state index contributed by atoms with van der Waals surface area (Å²) in [7, 11) is 0. The molecule has 0 saturated carbocycles. The molecule has 0 spiro atoms. The van der Waals surface area contributed by atoms with Crippen molar-refractivity contribution in [1.82, 2.24) is 4.57 Å². The summed E-state index contributed by atoms with van der Waals surface area (Å²) in [5, 5.41) is 5.32. The molecule has 0 aliphatic carbocycles. The highest BCUT2D eigenvalue weighted by atomic mass is 35.5. The van der Waals surface area contributed by atoms with E-state index >= 15 is 0 Å². The van der Waals surface area contributed by atoms with E-state index in [4.69, 9.17) is 21.6 Å². The lowest BCUT2D eigenvalue weighted by Gasteiger charge is -2.21. The van der Waals surface area contributed by atoms with Crippen LogP contribution in [0.3, 0.4) is 0 Å². The first-order valence-corrected chi connectivity index (χ1v) is 15.6. The number of aliphatic imine (C=N–C) groups is 2. The Morgan fingerprint density at radius 1 is 0.659 bits per heavy atom. The predicted molar refractivity (Wildman–Crippen MR) is 186 cm³/mol. The molecule has 1 aromatic heterocycles. The lowest BCUT2D eigenvalue weighted by atomic mass is 9.97. The Morgan fingerprint density at radius 3 is 2.18 bits per heavy atom. The summed E-state index contributed by atoms with van der Waals surface area (Å²) in [5.74, 6) is 0.755. The van der Waals surface area contributed by atoms with Gasteiger partial charge in [-0.1, -0.05) is 115 Å². The van der Waals surface area contributed by atoms with Crippen molar-refractivity contribution >= 4 is 55.7 Å². The van der Waals surface area contributed by atoms with Crippen LogP contribution in [0.25, 0.3) is 38.3 Å². The van der Waals surface area contributed by atoms with E-state index in [-0.39, 0.29) is 6.04 Å². The van der Waals surface area contributed by atoms with Crippen molar-refractivity contribution in [1.29, 1.82) is 0 Å². The van der Waals surface area contributed by atoms with Gasteiger partial charge in [-0.2, -0.15) is 0 Å². The summed E-state index contributed by atoms with van der Waals surface area (Å²) in [6.45, 7) is 0. The second kappa shape index (κ2) is 11.3. The zero-order valence-corrected chi connectivity index (χ0v) is 25.0. The van der Waals surface area contributed by atoms with Crippen LogP contribution in [0.1, 0.15) is 42.0 Å².